The number of rotatable bonds is 6. The first kappa shape index (κ1) is 14.3. The van der Waals surface area contributed by atoms with Crippen LogP contribution >= 0.6 is 0 Å². The number of ether oxygens (including phenoxy) is 2. The third-order valence-electron chi connectivity index (χ3n) is 1.94. The smallest absolute Gasteiger partial charge is 0.211 e. The number of nitriles is 1. The summed E-state index contributed by atoms with van der Waals surface area (Å²) >= 11 is 0. The van der Waals surface area contributed by atoms with E-state index in [-0.39, 0.29) is 12.6 Å². The van der Waals surface area contributed by atoms with E-state index < -0.39 is 0 Å². The molecule has 0 aromatic heterocycles. The molecule has 0 heterocycles. The largest absolute Gasteiger partial charge is 0.490 e. The molecule has 1 aromatic rings. The fraction of sp³-hybridized carbons (Fsp3) is 0.250. The summed E-state index contributed by atoms with van der Waals surface area (Å²) in [6.07, 6.45) is 1.48. The van der Waals surface area contributed by atoms with Gasteiger partial charge in [-0.3, -0.25) is 0 Å². The number of hydrogen-bond acceptors (Lipinski definition) is 5. The maximum absolute atomic E-state index is 8.50. The van der Waals surface area contributed by atoms with E-state index in [1.807, 2.05) is 13.0 Å². The average molecular weight is 261 g/mol. The van der Waals surface area contributed by atoms with E-state index in [0.29, 0.717) is 18.1 Å². The number of hydrogen-bond donors (Lipinski definition) is 2. The highest BCUT2D eigenvalue weighted by Crippen LogP contribution is 2.27. The standard InChI is InChI=1S/C12H15N5O2/c1-2-18-11-7-9(8-16-17-12(14)15)3-4-10(11)19-6-5-13/h3-4,7-8H,2,6H2,1H3,(H4,14,15,17). The predicted octanol–water partition coefficient (Wildman–Crippen LogP) is 0.595. The number of guanidine groups is 1. The fourth-order valence-electron chi connectivity index (χ4n) is 1.26. The van der Waals surface area contributed by atoms with Crippen LogP contribution in [0.5, 0.6) is 11.5 Å². The maximum Gasteiger partial charge on any atom is 0.211 e. The summed E-state index contributed by atoms with van der Waals surface area (Å²) in [5.74, 6) is 0.920. The maximum atomic E-state index is 8.50. The summed E-state index contributed by atoms with van der Waals surface area (Å²) in [6.45, 7) is 2.30. The highest BCUT2D eigenvalue weighted by molar-refractivity contribution is 5.82. The van der Waals surface area contributed by atoms with E-state index >= 15 is 0 Å². The van der Waals surface area contributed by atoms with Gasteiger partial charge in [-0.05, 0) is 30.7 Å². The third-order valence-corrected chi connectivity index (χ3v) is 1.94. The van der Waals surface area contributed by atoms with Crippen molar-refractivity contribution in [1.29, 1.82) is 5.26 Å². The van der Waals surface area contributed by atoms with Gasteiger partial charge in [-0.15, -0.1) is 5.10 Å². The Kier molecular flexibility index (Phi) is 5.69. The topological polar surface area (TPSA) is 119 Å². The zero-order valence-electron chi connectivity index (χ0n) is 10.5. The van der Waals surface area contributed by atoms with Crippen molar-refractivity contribution in [3.63, 3.8) is 0 Å². The zero-order chi connectivity index (χ0) is 14.1. The lowest BCUT2D eigenvalue weighted by atomic mass is 10.2. The molecule has 7 nitrogen and oxygen atoms in total. The van der Waals surface area contributed by atoms with Gasteiger partial charge >= 0.3 is 0 Å². The molecule has 100 valence electrons. The molecular weight excluding hydrogens is 246 g/mol. The summed E-state index contributed by atoms with van der Waals surface area (Å²) in [5, 5.41) is 15.7. The Labute approximate surface area is 111 Å². The molecule has 0 amide bonds. The minimum atomic E-state index is -0.116. The molecule has 0 radical (unpaired) electrons. The van der Waals surface area contributed by atoms with Crippen molar-refractivity contribution in [3.05, 3.63) is 23.8 Å². The van der Waals surface area contributed by atoms with Crippen LogP contribution in [0.1, 0.15) is 12.5 Å². The van der Waals surface area contributed by atoms with Gasteiger partial charge in [0.05, 0.1) is 12.8 Å². The van der Waals surface area contributed by atoms with Crippen molar-refractivity contribution >= 4 is 12.2 Å². The average Bonchev–Trinajstić information content (AvgIpc) is 2.38. The van der Waals surface area contributed by atoms with Crippen LogP contribution in [0.3, 0.4) is 0 Å². The molecule has 0 aliphatic carbocycles. The molecule has 19 heavy (non-hydrogen) atoms. The molecule has 0 fully saturated rings. The second kappa shape index (κ2) is 7.55. The van der Waals surface area contributed by atoms with Gasteiger partial charge in [0.15, 0.2) is 18.1 Å². The summed E-state index contributed by atoms with van der Waals surface area (Å²) in [4.78, 5) is 0. The van der Waals surface area contributed by atoms with Crippen molar-refractivity contribution in [3.8, 4) is 17.6 Å². The van der Waals surface area contributed by atoms with Gasteiger partial charge in [-0.1, -0.05) is 0 Å². The van der Waals surface area contributed by atoms with E-state index in [4.69, 9.17) is 26.2 Å². The van der Waals surface area contributed by atoms with Gasteiger partial charge in [-0.2, -0.15) is 10.4 Å². The highest BCUT2D eigenvalue weighted by Gasteiger charge is 2.05. The Hall–Kier alpha value is -2.75. The minimum Gasteiger partial charge on any atom is -0.490 e. The van der Waals surface area contributed by atoms with Gasteiger partial charge in [0.2, 0.25) is 5.96 Å². The molecule has 4 N–H and O–H groups in total. The van der Waals surface area contributed by atoms with Gasteiger partial charge in [-0.25, -0.2) is 0 Å². The van der Waals surface area contributed by atoms with Crippen molar-refractivity contribution in [2.45, 2.75) is 6.92 Å². The minimum absolute atomic E-state index is 0.0402. The Morgan fingerprint density at radius 3 is 2.79 bits per heavy atom. The van der Waals surface area contributed by atoms with E-state index in [9.17, 15) is 0 Å². The van der Waals surface area contributed by atoms with Crippen molar-refractivity contribution < 1.29 is 9.47 Å². The SMILES string of the molecule is CCOc1cc(C=NN=C(N)N)ccc1OCC#N. The van der Waals surface area contributed by atoms with Crippen LogP contribution in [0.25, 0.3) is 0 Å². The highest BCUT2D eigenvalue weighted by atomic mass is 16.5. The lowest BCUT2D eigenvalue weighted by molar-refractivity contribution is 0.298. The third kappa shape index (κ3) is 4.95. The molecule has 0 saturated carbocycles. The van der Waals surface area contributed by atoms with Crippen LogP contribution in [0, 0.1) is 11.3 Å². The normalized spacial score (nSPS) is 9.89. The first-order valence-electron chi connectivity index (χ1n) is 5.56. The summed E-state index contributed by atoms with van der Waals surface area (Å²) in [6, 6.07) is 7.07. The summed E-state index contributed by atoms with van der Waals surface area (Å²) in [5.41, 5.74) is 11.1. The second-order valence-electron chi connectivity index (χ2n) is 3.36. The molecule has 1 aromatic carbocycles. The molecule has 0 spiro atoms. The summed E-state index contributed by atoms with van der Waals surface area (Å²) < 4.78 is 10.7. The molecule has 0 aliphatic rings. The molecule has 0 aliphatic heterocycles. The van der Waals surface area contributed by atoms with E-state index in [1.165, 1.54) is 6.21 Å². The van der Waals surface area contributed by atoms with E-state index in [1.54, 1.807) is 18.2 Å². The van der Waals surface area contributed by atoms with Gasteiger partial charge in [0.25, 0.3) is 0 Å². The Morgan fingerprint density at radius 2 is 2.16 bits per heavy atom. The molecule has 0 saturated heterocycles. The first-order valence-corrected chi connectivity index (χ1v) is 5.56. The Balaban J connectivity index is 2.92. The monoisotopic (exact) mass is 261 g/mol. The Bertz CT molecular complexity index is 515. The molecule has 7 heteroatoms. The molecule has 0 bridgehead atoms. The number of nitrogens with zero attached hydrogens (tertiary/aromatic N) is 3. The van der Waals surface area contributed by atoms with Crippen LogP contribution in [0.15, 0.2) is 28.4 Å². The van der Waals surface area contributed by atoms with Gasteiger partial charge in [0.1, 0.15) is 6.07 Å². The quantitative estimate of drug-likeness (QED) is 0.441. The lowest BCUT2D eigenvalue weighted by Crippen LogP contribution is -2.21. The van der Waals surface area contributed by atoms with Crippen molar-refractivity contribution in [2.24, 2.45) is 21.7 Å². The summed E-state index contributed by atoms with van der Waals surface area (Å²) in [7, 11) is 0. The molecule has 0 atom stereocenters. The van der Waals surface area contributed by atoms with Crippen LogP contribution in [0.2, 0.25) is 0 Å². The van der Waals surface area contributed by atoms with Crippen LogP contribution < -0.4 is 20.9 Å². The van der Waals surface area contributed by atoms with Crippen LogP contribution in [-0.2, 0) is 0 Å². The van der Waals surface area contributed by atoms with E-state index in [2.05, 4.69) is 10.2 Å². The van der Waals surface area contributed by atoms with Crippen LogP contribution in [0.4, 0.5) is 0 Å². The molecule has 1 rings (SSSR count). The molecular formula is C12H15N5O2. The lowest BCUT2D eigenvalue weighted by Gasteiger charge is -2.10. The van der Waals surface area contributed by atoms with Gasteiger partial charge < -0.3 is 20.9 Å². The molecule has 0 unspecified atom stereocenters. The zero-order valence-corrected chi connectivity index (χ0v) is 10.5. The van der Waals surface area contributed by atoms with Crippen molar-refractivity contribution in [1.82, 2.24) is 0 Å². The number of benzene rings is 1. The second-order valence-corrected chi connectivity index (χ2v) is 3.36. The predicted molar refractivity (Wildman–Crippen MR) is 72.1 cm³/mol. The first-order chi connectivity index (χ1) is 9.17. The fourth-order valence-corrected chi connectivity index (χ4v) is 1.26. The van der Waals surface area contributed by atoms with Crippen molar-refractivity contribution in [2.75, 3.05) is 13.2 Å². The van der Waals surface area contributed by atoms with E-state index in [0.717, 1.165) is 5.56 Å². The van der Waals surface area contributed by atoms with Gasteiger partial charge in [0, 0.05) is 0 Å². The number of nitrogens with two attached hydrogens (primary N) is 2. The Morgan fingerprint density at radius 1 is 1.37 bits per heavy atom. The van der Waals surface area contributed by atoms with Crippen LogP contribution in [-0.4, -0.2) is 25.4 Å².